The summed E-state index contributed by atoms with van der Waals surface area (Å²) in [6.45, 7) is 0.527. The first-order valence-electron chi connectivity index (χ1n) is 4.61. The third kappa shape index (κ3) is 1.46. The molecule has 0 aromatic heterocycles. The normalized spacial score (nSPS) is 28.4. The number of nitrogens with two attached hydrogens (primary N) is 1. The summed E-state index contributed by atoms with van der Waals surface area (Å²) in [5.41, 5.74) is 7.25. The SMILES string of the molecule is NCC1(C(=O)NC2CONC2=O)CC1. The minimum atomic E-state index is -0.563. The Bertz CT molecular complexity index is 275. The maximum absolute atomic E-state index is 11.6. The maximum Gasteiger partial charge on any atom is 0.268 e. The van der Waals surface area contributed by atoms with E-state index in [9.17, 15) is 9.59 Å². The van der Waals surface area contributed by atoms with Gasteiger partial charge in [0, 0.05) is 6.54 Å². The van der Waals surface area contributed by atoms with E-state index in [0.29, 0.717) is 6.54 Å². The Kier molecular flexibility index (Phi) is 2.16. The van der Waals surface area contributed by atoms with Crippen molar-refractivity contribution in [1.82, 2.24) is 10.8 Å². The van der Waals surface area contributed by atoms with Gasteiger partial charge in [0.2, 0.25) is 5.91 Å². The van der Waals surface area contributed by atoms with Crippen LogP contribution in [0, 0.1) is 5.41 Å². The Morgan fingerprint density at radius 1 is 1.71 bits per heavy atom. The largest absolute Gasteiger partial charge is 0.342 e. The summed E-state index contributed by atoms with van der Waals surface area (Å²) in [4.78, 5) is 27.4. The van der Waals surface area contributed by atoms with Gasteiger partial charge in [0.15, 0.2) is 0 Å². The molecule has 2 amide bonds. The standard InChI is InChI=1S/C8H13N3O3/c9-4-8(1-2-8)7(13)10-5-3-14-11-6(5)12/h5H,1-4,9H2,(H,10,13)(H,11,12). The van der Waals surface area contributed by atoms with Crippen LogP contribution >= 0.6 is 0 Å². The summed E-state index contributed by atoms with van der Waals surface area (Å²) in [6.07, 6.45) is 1.62. The molecule has 0 aromatic rings. The maximum atomic E-state index is 11.6. The average Bonchev–Trinajstić information content (AvgIpc) is 2.89. The molecule has 1 saturated carbocycles. The Morgan fingerprint density at radius 2 is 2.43 bits per heavy atom. The minimum absolute atomic E-state index is 0.134. The van der Waals surface area contributed by atoms with Crippen LogP contribution in [0.25, 0.3) is 0 Å². The zero-order chi connectivity index (χ0) is 10.2. The summed E-state index contributed by atoms with van der Waals surface area (Å²) in [7, 11) is 0. The van der Waals surface area contributed by atoms with Crippen molar-refractivity contribution in [1.29, 1.82) is 0 Å². The van der Waals surface area contributed by atoms with Gasteiger partial charge in [-0.2, -0.15) is 0 Å². The summed E-state index contributed by atoms with van der Waals surface area (Å²) >= 11 is 0. The Morgan fingerprint density at radius 3 is 2.86 bits per heavy atom. The van der Waals surface area contributed by atoms with E-state index in [1.54, 1.807) is 0 Å². The van der Waals surface area contributed by atoms with Crippen molar-refractivity contribution < 1.29 is 14.4 Å². The summed E-state index contributed by atoms with van der Waals surface area (Å²) in [5.74, 6) is -0.433. The predicted molar refractivity (Wildman–Crippen MR) is 46.7 cm³/mol. The fraction of sp³-hybridized carbons (Fsp3) is 0.750. The molecule has 0 bridgehead atoms. The van der Waals surface area contributed by atoms with E-state index in [0.717, 1.165) is 12.8 Å². The fourth-order valence-corrected chi connectivity index (χ4v) is 1.44. The summed E-state index contributed by atoms with van der Waals surface area (Å²) in [6, 6.07) is -0.563. The van der Waals surface area contributed by atoms with Crippen molar-refractivity contribution in [3.05, 3.63) is 0 Å². The van der Waals surface area contributed by atoms with Gasteiger partial charge in [0.05, 0.1) is 5.41 Å². The summed E-state index contributed by atoms with van der Waals surface area (Å²) < 4.78 is 0. The van der Waals surface area contributed by atoms with Crippen LogP contribution in [0.1, 0.15) is 12.8 Å². The molecule has 14 heavy (non-hydrogen) atoms. The number of amides is 2. The Labute approximate surface area is 81.1 Å². The zero-order valence-electron chi connectivity index (χ0n) is 7.71. The molecule has 2 aliphatic rings. The van der Waals surface area contributed by atoms with Gasteiger partial charge < -0.3 is 11.1 Å². The second-order valence-corrected chi connectivity index (χ2v) is 3.79. The van der Waals surface area contributed by atoms with Gasteiger partial charge in [-0.15, -0.1) is 0 Å². The lowest BCUT2D eigenvalue weighted by Crippen LogP contribution is -2.46. The van der Waals surface area contributed by atoms with Crippen LogP contribution in [0.3, 0.4) is 0 Å². The molecule has 1 aliphatic carbocycles. The Hall–Kier alpha value is -1.14. The van der Waals surface area contributed by atoms with Crippen molar-refractivity contribution >= 4 is 11.8 Å². The first-order chi connectivity index (χ1) is 6.68. The number of hydrogen-bond acceptors (Lipinski definition) is 4. The van der Waals surface area contributed by atoms with Crippen LogP contribution in [0.4, 0.5) is 0 Å². The molecule has 2 fully saturated rings. The second-order valence-electron chi connectivity index (χ2n) is 3.79. The number of rotatable bonds is 3. The van der Waals surface area contributed by atoms with Gasteiger partial charge >= 0.3 is 0 Å². The number of nitrogens with one attached hydrogen (secondary N) is 2. The van der Waals surface area contributed by atoms with E-state index in [-0.39, 0.29) is 18.4 Å². The molecule has 1 unspecified atom stereocenters. The van der Waals surface area contributed by atoms with Crippen molar-refractivity contribution in [2.24, 2.45) is 11.1 Å². The lowest BCUT2D eigenvalue weighted by molar-refractivity contribution is -0.131. The van der Waals surface area contributed by atoms with E-state index in [4.69, 9.17) is 10.6 Å². The highest BCUT2D eigenvalue weighted by molar-refractivity contribution is 5.91. The zero-order valence-corrected chi connectivity index (χ0v) is 7.71. The van der Waals surface area contributed by atoms with Crippen LogP contribution in [-0.2, 0) is 14.4 Å². The fourth-order valence-electron chi connectivity index (χ4n) is 1.44. The van der Waals surface area contributed by atoms with Crippen LogP contribution in [0.2, 0.25) is 0 Å². The molecule has 78 valence electrons. The number of carbonyl (C=O) groups is 2. The number of hydroxylamine groups is 1. The van der Waals surface area contributed by atoms with Crippen LogP contribution in [0.5, 0.6) is 0 Å². The first-order valence-corrected chi connectivity index (χ1v) is 4.61. The molecular formula is C8H13N3O3. The molecule has 4 N–H and O–H groups in total. The molecule has 0 radical (unpaired) electrons. The van der Waals surface area contributed by atoms with Gasteiger partial charge in [-0.25, -0.2) is 5.48 Å². The van der Waals surface area contributed by atoms with Crippen LogP contribution in [-0.4, -0.2) is 31.0 Å². The second kappa shape index (κ2) is 3.21. The van der Waals surface area contributed by atoms with E-state index >= 15 is 0 Å². The lowest BCUT2D eigenvalue weighted by Gasteiger charge is -2.14. The van der Waals surface area contributed by atoms with Gasteiger partial charge in [0.25, 0.3) is 5.91 Å². The highest BCUT2D eigenvalue weighted by atomic mass is 16.7. The molecule has 1 aliphatic heterocycles. The van der Waals surface area contributed by atoms with Gasteiger partial charge in [-0.1, -0.05) is 0 Å². The molecule has 1 saturated heterocycles. The number of carbonyl (C=O) groups excluding carboxylic acids is 2. The smallest absolute Gasteiger partial charge is 0.268 e. The molecule has 0 aromatic carbocycles. The molecule has 6 heteroatoms. The van der Waals surface area contributed by atoms with Crippen molar-refractivity contribution in [3.63, 3.8) is 0 Å². The van der Waals surface area contributed by atoms with Crippen molar-refractivity contribution in [2.75, 3.05) is 13.2 Å². The van der Waals surface area contributed by atoms with Crippen molar-refractivity contribution in [3.8, 4) is 0 Å². The quantitative estimate of drug-likeness (QED) is 0.503. The monoisotopic (exact) mass is 199 g/mol. The predicted octanol–water partition coefficient (Wildman–Crippen LogP) is -1.73. The third-order valence-electron chi connectivity index (χ3n) is 2.77. The molecular weight excluding hydrogens is 186 g/mol. The van der Waals surface area contributed by atoms with Gasteiger partial charge in [-0.3, -0.25) is 14.4 Å². The van der Waals surface area contributed by atoms with Gasteiger partial charge in [-0.05, 0) is 12.8 Å². The third-order valence-corrected chi connectivity index (χ3v) is 2.77. The molecule has 1 heterocycles. The molecule has 6 nitrogen and oxygen atoms in total. The van der Waals surface area contributed by atoms with Crippen LogP contribution < -0.4 is 16.5 Å². The van der Waals surface area contributed by atoms with E-state index < -0.39 is 11.5 Å². The Balaban J connectivity index is 1.91. The minimum Gasteiger partial charge on any atom is -0.342 e. The highest BCUT2D eigenvalue weighted by Gasteiger charge is 2.49. The average molecular weight is 199 g/mol. The highest BCUT2D eigenvalue weighted by Crippen LogP contribution is 2.44. The van der Waals surface area contributed by atoms with E-state index in [1.807, 2.05) is 0 Å². The van der Waals surface area contributed by atoms with E-state index in [2.05, 4.69) is 10.8 Å². The molecule has 2 rings (SSSR count). The molecule has 0 spiro atoms. The topological polar surface area (TPSA) is 93.5 Å². The first kappa shape index (κ1) is 9.42. The lowest BCUT2D eigenvalue weighted by atomic mass is 10.1. The molecule has 1 atom stereocenters. The number of hydrogen-bond donors (Lipinski definition) is 3. The summed E-state index contributed by atoms with van der Waals surface area (Å²) in [5, 5.41) is 2.63. The van der Waals surface area contributed by atoms with E-state index in [1.165, 1.54) is 0 Å². The van der Waals surface area contributed by atoms with Gasteiger partial charge in [0.1, 0.15) is 12.6 Å². The van der Waals surface area contributed by atoms with Crippen molar-refractivity contribution in [2.45, 2.75) is 18.9 Å². The van der Waals surface area contributed by atoms with Crippen LogP contribution in [0.15, 0.2) is 0 Å².